The van der Waals surface area contributed by atoms with Gasteiger partial charge in [0, 0.05) is 23.1 Å². The molecule has 3 rings (SSSR count). The van der Waals surface area contributed by atoms with E-state index in [2.05, 4.69) is 10.3 Å². The average molecular weight is 326 g/mol. The van der Waals surface area contributed by atoms with E-state index in [1.807, 2.05) is 48.9 Å². The summed E-state index contributed by atoms with van der Waals surface area (Å²) >= 11 is 6.01. The van der Waals surface area contributed by atoms with Gasteiger partial charge in [0.15, 0.2) is 0 Å². The Kier molecular flexibility index (Phi) is 4.17. The smallest absolute Gasteiger partial charge is 0.272 e. The van der Waals surface area contributed by atoms with Crippen molar-refractivity contribution in [3.63, 3.8) is 0 Å². The van der Waals surface area contributed by atoms with Crippen molar-refractivity contribution in [2.45, 2.75) is 13.8 Å². The highest BCUT2D eigenvalue weighted by atomic mass is 35.5. The maximum Gasteiger partial charge on any atom is 0.272 e. The maximum absolute atomic E-state index is 12.6. The molecule has 0 spiro atoms. The number of anilines is 1. The minimum absolute atomic E-state index is 0.191. The molecule has 0 aliphatic heterocycles. The summed E-state index contributed by atoms with van der Waals surface area (Å²) in [5, 5.41) is 3.51. The van der Waals surface area contributed by atoms with Crippen LogP contribution < -0.4 is 5.32 Å². The largest absolute Gasteiger partial charge is 0.320 e. The molecule has 4 nitrogen and oxygen atoms in total. The third kappa shape index (κ3) is 3.12. The van der Waals surface area contributed by atoms with Gasteiger partial charge in [-0.2, -0.15) is 0 Å². The first-order chi connectivity index (χ1) is 11.1. The van der Waals surface area contributed by atoms with Crippen LogP contribution in [0.15, 0.2) is 54.9 Å². The maximum atomic E-state index is 12.6. The lowest BCUT2D eigenvalue weighted by molar-refractivity contribution is 0.102. The Hall–Kier alpha value is -2.59. The molecule has 5 heteroatoms. The quantitative estimate of drug-likeness (QED) is 0.776. The average Bonchev–Trinajstić information content (AvgIpc) is 3.01. The van der Waals surface area contributed by atoms with Gasteiger partial charge in [-0.05, 0) is 55.8 Å². The van der Waals surface area contributed by atoms with Crippen LogP contribution in [0.25, 0.3) is 5.69 Å². The number of benzene rings is 1. The number of halogens is 1. The lowest BCUT2D eigenvalue weighted by Gasteiger charge is -2.13. The summed E-state index contributed by atoms with van der Waals surface area (Å²) in [7, 11) is 0. The molecule has 0 atom stereocenters. The van der Waals surface area contributed by atoms with Crippen LogP contribution in [0, 0.1) is 13.8 Å². The highest BCUT2D eigenvalue weighted by Gasteiger charge is 2.14. The van der Waals surface area contributed by atoms with Gasteiger partial charge in [-0.25, -0.2) is 0 Å². The Labute approximate surface area is 139 Å². The second-order valence-electron chi connectivity index (χ2n) is 5.28. The standard InChI is InChI=1S/C18H16ClN3O/c1-12-7-8-14(19)11-15(12)21-18(23)17-6-4-10-22(17)16-5-3-9-20-13(16)2/h3-11H,1-2H3,(H,21,23). The Morgan fingerprint density at radius 2 is 2.00 bits per heavy atom. The van der Waals surface area contributed by atoms with Crippen molar-refractivity contribution >= 4 is 23.2 Å². The number of aryl methyl sites for hydroxylation is 2. The molecule has 116 valence electrons. The van der Waals surface area contributed by atoms with E-state index < -0.39 is 0 Å². The molecular weight excluding hydrogens is 310 g/mol. The Balaban J connectivity index is 1.94. The summed E-state index contributed by atoms with van der Waals surface area (Å²) in [6.07, 6.45) is 3.58. The van der Waals surface area contributed by atoms with E-state index in [0.717, 1.165) is 16.9 Å². The fourth-order valence-electron chi connectivity index (χ4n) is 2.42. The van der Waals surface area contributed by atoms with Crippen LogP contribution >= 0.6 is 11.6 Å². The number of amides is 1. The zero-order valence-corrected chi connectivity index (χ0v) is 13.6. The number of nitrogens with zero attached hydrogens (tertiary/aromatic N) is 2. The summed E-state index contributed by atoms with van der Waals surface area (Å²) in [6, 6.07) is 12.8. The fraction of sp³-hybridized carbons (Fsp3) is 0.111. The summed E-state index contributed by atoms with van der Waals surface area (Å²) in [5.41, 5.74) is 3.94. The van der Waals surface area contributed by atoms with Crippen molar-refractivity contribution in [2.24, 2.45) is 0 Å². The van der Waals surface area contributed by atoms with E-state index in [-0.39, 0.29) is 5.91 Å². The van der Waals surface area contributed by atoms with Crippen molar-refractivity contribution in [1.82, 2.24) is 9.55 Å². The van der Waals surface area contributed by atoms with Gasteiger partial charge in [0.2, 0.25) is 0 Å². The molecular formula is C18H16ClN3O. The van der Waals surface area contributed by atoms with Gasteiger partial charge in [0.05, 0.1) is 11.4 Å². The number of hydrogen-bond acceptors (Lipinski definition) is 2. The zero-order valence-electron chi connectivity index (χ0n) is 12.9. The Morgan fingerprint density at radius 3 is 2.78 bits per heavy atom. The number of hydrogen-bond donors (Lipinski definition) is 1. The summed E-state index contributed by atoms with van der Waals surface area (Å²) in [5.74, 6) is -0.191. The second-order valence-corrected chi connectivity index (χ2v) is 5.72. The van der Waals surface area contributed by atoms with Gasteiger partial charge in [-0.3, -0.25) is 9.78 Å². The normalized spacial score (nSPS) is 10.6. The highest BCUT2D eigenvalue weighted by Crippen LogP contribution is 2.22. The first-order valence-electron chi connectivity index (χ1n) is 7.23. The first-order valence-corrected chi connectivity index (χ1v) is 7.61. The molecule has 2 aromatic heterocycles. The molecule has 23 heavy (non-hydrogen) atoms. The predicted molar refractivity (Wildman–Crippen MR) is 92.4 cm³/mol. The molecule has 0 fully saturated rings. The molecule has 2 heterocycles. The first kappa shape index (κ1) is 15.3. The van der Waals surface area contributed by atoms with E-state index in [1.54, 1.807) is 24.4 Å². The number of carbonyl (C=O) groups is 1. The molecule has 1 aromatic carbocycles. The monoisotopic (exact) mass is 325 g/mol. The number of rotatable bonds is 3. The van der Waals surface area contributed by atoms with E-state index in [4.69, 9.17) is 11.6 Å². The van der Waals surface area contributed by atoms with Crippen molar-refractivity contribution in [3.05, 3.63) is 76.8 Å². The minimum atomic E-state index is -0.191. The van der Waals surface area contributed by atoms with Crippen LogP contribution in [-0.2, 0) is 0 Å². The lowest BCUT2D eigenvalue weighted by atomic mass is 10.2. The van der Waals surface area contributed by atoms with E-state index in [1.165, 1.54) is 0 Å². The molecule has 0 bridgehead atoms. The van der Waals surface area contributed by atoms with Crippen LogP contribution in [0.3, 0.4) is 0 Å². The SMILES string of the molecule is Cc1ccc(Cl)cc1NC(=O)c1cccn1-c1cccnc1C. The molecule has 1 amide bonds. The number of aromatic nitrogens is 2. The second kappa shape index (κ2) is 6.26. The fourth-order valence-corrected chi connectivity index (χ4v) is 2.59. The van der Waals surface area contributed by atoms with Gasteiger partial charge in [-0.1, -0.05) is 17.7 Å². The van der Waals surface area contributed by atoms with E-state index in [9.17, 15) is 4.79 Å². The summed E-state index contributed by atoms with van der Waals surface area (Å²) < 4.78 is 1.83. The molecule has 0 saturated carbocycles. The third-order valence-electron chi connectivity index (χ3n) is 3.67. The molecule has 0 aliphatic carbocycles. The zero-order chi connectivity index (χ0) is 16.4. The minimum Gasteiger partial charge on any atom is -0.320 e. The number of nitrogens with one attached hydrogen (secondary N) is 1. The van der Waals surface area contributed by atoms with Crippen molar-refractivity contribution in [1.29, 1.82) is 0 Å². The van der Waals surface area contributed by atoms with Crippen molar-refractivity contribution < 1.29 is 4.79 Å². The van der Waals surface area contributed by atoms with Crippen LogP contribution in [-0.4, -0.2) is 15.5 Å². The Morgan fingerprint density at radius 1 is 1.17 bits per heavy atom. The van der Waals surface area contributed by atoms with Gasteiger partial charge < -0.3 is 9.88 Å². The van der Waals surface area contributed by atoms with E-state index >= 15 is 0 Å². The van der Waals surface area contributed by atoms with Gasteiger partial charge >= 0.3 is 0 Å². The molecule has 1 N–H and O–H groups in total. The van der Waals surface area contributed by atoms with Crippen LogP contribution in [0.4, 0.5) is 5.69 Å². The van der Waals surface area contributed by atoms with Crippen molar-refractivity contribution in [2.75, 3.05) is 5.32 Å². The summed E-state index contributed by atoms with van der Waals surface area (Å²) in [4.78, 5) is 16.9. The van der Waals surface area contributed by atoms with E-state index in [0.29, 0.717) is 16.4 Å². The molecule has 0 aliphatic rings. The lowest BCUT2D eigenvalue weighted by Crippen LogP contribution is -2.17. The number of carbonyl (C=O) groups excluding carboxylic acids is 1. The van der Waals surface area contributed by atoms with Gasteiger partial charge in [0.25, 0.3) is 5.91 Å². The molecule has 0 radical (unpaired) electrons. The topological polar surface area (TPSA) is 46.9 Å². The van der Waals surface area contributed by atoms with Crippen LogP contribution in [0.2, 0.25) is 5.02 Å². The third-order valence-corrected chi connectivity index (χ3v) is 3.90. The van der Waals surface area contributed by atoms with Crippen molar-refractivity contribution in [3.8, 4) is 5.69 Å². The predicted octanol–water partition coefficient (Wildman–Crippen LogP) is 4.39. The Bertz CT molecular complexity index is 870. The summed E-state index contributed by atoms with van der Waals surface area (Å²) in [6.45, 7) is 3.84. The molecule has 0 saturated heterocycles. The highest BCUT2D eigenvalue weighted by molar-refractivity contribution is 6.31. The number of pyridine rings is 1. The van der Waals surface area contributed by atoms with Crippen LogP contribution in [0.1, 0.15) is 21.7 Å². The molecule has 0 unspecified atom stereocenters. The van der Waals surface area contributed by atoms with Gasteiger partial charge in [-0.15, -0.1) is 0 Å². The van der Waals surface area contributed by atoms with Crippen LogP contribution in [0.5, 0.6) is 0 Å². The molecule has 3 aromatic rings. The van der Waals surface area contributed by atoms with Gasteiger partial charge in [0.1, 0.15) is 5.69 Å².